The third-order valence-electron chi connectivity index (χ3n) is 4.99. The molecule has 1 fully saturated rings. The number of benzene rings is 2. The van der Waals surface area contributed by atoms with E-state index in [1.165, 1.54) is 18.0 Å². The molecule has 0 radical (unpaired) electrons. The van der Waals surface area contributed by atoms with Crippen LogP contribution in [-0.2, 0) is 27.1 Å². The number of hydrogen-bond donors (Lipinski definition) is 4. The maximum atomic E-state index is 12.4. The minimum Gasteiger partial charge on any atom is -0.391 e. The molecule has 4 N–H and O–H groups in total. The van der Waals surface area contributed by atoms with E-state index >= 15 is 0 Å². The van der Waals surface area contributed by atoms with Crippen molar-refractivity contribution >= 4 is 16.9 Å². The fraction of sp³-hybridized carbons (Fsp3) is 0.348. The summed E-state index contributed by atoms with van der Waals surface area (Å²) >= 11 is 0. The van der Waals surface area contributed by atoms with Crippen LogP contribution in [0.3, 0.4) is 0 Å². The van der Waals surface area contributed by atoms with E-state index in [0.717, 1.165) is 44.0 Å². The summed E-state index contributed by atoms with van der Waals surface area (Å²) in [6.07, 6.45) is -1.14. The molecule has 2 aromatic carbocycles. The molecule has 0 spiro atoms. The number of hydroxylamine groups is 1. The van der Waals surface area contributed by atoms with Crippen molar-refractivity contribution in [2.24, 2.45) is 0 Å². The summed E-state index contributed by atoms with van der Waals surface area (Å²) in [5, 5.41) is 18.4. The van der Waals surface area contributed by atoms with Crippen LogP contribution in [-0.4, -0.2) is 63.8 Å². The summed E-state index contributed by atoms with van der Waals surface area (Å²) in [7, 11) is -1.75. The lowest BCUT2D eigenvalue weighted by molar-refractivity contribution is -0.133. The number of nitrogens with zero attached hydrogens (tertiary/aromatic N) is 1. The quantitative estimate of drug-likeness (QED) is 0.278. The average molecular weight is 458 g/mol. The molecule has 0 aliphatic carbocycles. The molecule has 1 saturated heterocycles. The number of hydrogen-bond acceptors (Lipinski definition) is 6. The lowest BCUT2D eigenvalue weighted by Crippen LogP contribution is -2.50. The summed E-state index contributed by atoms with van der Waals surface area (Å²) in [5.74, 6) is 5.33. The maximum absolute atomic E-state index is 12.4. The highest BCUT2D eigenvalue weighted by molar-refractivity contribution is 7.83. The third-order valence-corrected chi connectivity index (χ3v) is 6.16. The standard InChI is InChI=1S/C23H27N3O5S/c1-17(27)22(23(28)24-29)25-32(30)21-10-8-19(9-11-21)3-2-18-4-6-20(7-5-18)16-26-12-14-31-15-13-26/h4-11,17,22,25,27,29H,12-16H2,1H3,(H,24,28)/t17-,22?,32?/m1/s1. The van der Waals surface area contributed by atoms with E-state index in [1.807, 2.05) is 12.1 Å². The number of rotatable bonds is 7. The number of carbonyl (C=O) groups excluding carboxylic acids is 1. The van der Waals surface area contributed by atoms with E-state index in [-0.39, 0.29) is 0 Å². The minimum absolute atomic E-state index is 0.416. The number of aliphatic hydroxyl groups excluding tert-OH is 1. The SMILES string of the molecule is C[C@@H](O)C(NS(=O)c1ccc(C#Cc2ccc(CN3CCOCC3)cc2)cc1)C(=O)NO. The first kappa shape index (κ1) is 24.1. The van der Waals surface area contributed by atoms with Gasteiger partial charge in [-0.15, -0.1) is 0 Å². The molecule has 2 aromatic rings. The molecule has 0 aromatic heterocycles. The Morgan fingerprint density at radius 2 is 1.66 bits per heavy atom. The molecule has 1 amide bonds. The summed E-state index contributed by atoms with van der Waals surface area (Å²) in [6.45, 7) is 5.73. The molecule has 0 bridgehead atoms. The average Bonchev–Trinajstić information content (AvgIpc) is 2.82. The van der Waals surface area contributed by atoms with Crippen molar-refractivity contribution in [1.29, 1.82) is 0 Å². The molecule has 0 saturated carbocycles. The molecule has 3 rings (SSSR count). The molecular weight excluding hydrogens is 430 g/mol. The van der Waals surface area contributed by atoms with Crippen molar-refractivity contribution in [3.63, 3.8) is 0 Å². The number of aliphatic hydroxyl groups is 1. The molecule has 1 aliphatic heterocycles. The normalized spacial score (nSPS) is 17.0. The molecule has 170 valence electrons. The van der Waals surface area contributed by atoms with Gasteiger partial charge in [0.15, 0.2) is 0 Å². The highest BCUT2D eigenvalue weighted by Gasteiger charge is 2.25. The molecule has 9 heteroatoms. The van der Waals surface area contributed by atoms with Gasteiger partial charge in [-0.05, 0) is 48.9 Å². The van der Waals surface area contributed by atoms with Crippen LogP contribution < -0.4 is 10.2 Å². The van der Waals surface area contributed by atoms with Gasteiger partial charge in [-0.25, -0.2) is 14.4 Å². The molecular formula is C23H27N3O5S. The van der Waals surface area contributed by atoms with E-state index < -0.39 is 29.0 Å². The van der Waals surface area contributed by atoms with Gasteiger partial charge >= 0.3 is 0 Å². The van der Waals surface area contributed by atoms with Gasteiger partial charge in [0, 0.05) is 30.8 Å². The molecule has 32 heavy (non-hydrogen) atoms. The number of ether oxygens (including phenoxy) is 1. The van der Waals surface area contributed by atoms with Crippen molar-refractivity contribution in [2.75, 3.05) is 26.3 Å². The Labute approximate surface area is 190 Å². The monoisotopic (exact) mass is 457 g/mol. The van der Waals surface area contributed by atoms with Gasteiger partial charge in [-0.1, -0.05) is 24.0 Å². The first-order valence-corrected chi connectivity index (χ1v) is 11.4. The van der Waals surface area contributed by atoms with Gasteiger partial charge in [-0.3, -0.25) is 14.9 Å². The van der Waals surface area contributed by atoms with Gasteiger partial charge in [0.2, 0.25) is 0 Å². The first-order chi connectivity index (χ1) is 15.5. The van der Waals surface area contributed by atoms with Crippen molar-refractivity contribution in [1.82, 2.24) is 15.1 Å². The number of carbonyl (C=O) groups is 1. The van der Waals surface area contributed by atoms with Crippen LogP contribution in [0.4, 0.5) is 0 Å². The summed E-state index contributed by atoms with van der Waals surface area (Å²) < 4.78 is 20.3. The fourth-order valence-corrected chi connectivity index (χ4v) is 4.20. The lowest BCUT2D eigenvalue weighted by Gasteiger charge is -2.26. The number of amides is 1. The lowest BCUT2D eigenvalue weighted by atomic mass is 10.1. The zero-order valence-corrected chi connectivity index (χ0v) is 18.6. The number of nitrogens with one attached hydrogen (secondary N) is 2. The van der Waals surface area contributed by atoms with Crippen molar-refractivity contribution in [2.45, 2.75) is 30.5 Å². The maximum Gasteiger partial charge on any atom is 0.264 e. The second-order valence-corrected chi connectivity index (χ2v) is 8.69. The Kier molecular flexibility index (Phi) is 8.93. The van der Waals surface area contributed by atoms with Gasteiger partial charge in [-0.2, -0.15) is 0 Å². The second-order valence-electron chi connectivity index (χ2n) is 7.44. The number of morpholine rings is 1. The van der Waals surface area contributed by atoms with Gasteiger partial charge < -0.3 is 9.84 Å². The van der Waals surface area contributed by atoms with E-state index in [2.05, 4.69) is 33.6 Å². The second kappa shape index (κ2) is 11.9. The summed E-state index contributed by atoms with van der Waals surface area (Å²) in [4.78, 5) is 14.4. The summed E-state index contributed by atoms with van der Waals surface area (Å²) in [6, 6.07) is 13.7. The fourth-order valence-electron chi connectivity index (χ4n) is 3.14. The van der Waals surface area contributed by atoms with Crippen molar-refractivity contribution in [3.05, 3.63) is 65.2 Å². The highest BCUT2D eigenvalue weighted by atomic mass is 32.2. The molecule has 8 nitrogen and oxygen atoms in total. The highest BCUT2D eigenvalue weighted by Crippen LogP contribution is 2.11. The Balaban J connectivity index is 1.58. The molecule has 2 unspecified atom stereocenters. The Morgan fingerprint density at radius 1 is 1.09 bits per heavy atom. The first-order valence-electron chi connectivity index (χ1n) is 10.3. The van der Waals surface area contributed by atoms with Gasteiger partial charge in [0.25, 0.3) is 5.91 Å². The third kappa shape index (κ3) is 6.97. The van der Waals surface area contributed by atoms with Crippen LogP contribution in [0.2, 0.25) is 0 Å². The zero-order chi connectivity index (χ0) is 22.9. The van der Waals surface area contributed by atoms with Gasteiger partial charge in [0.1, 0.15) is 17.0 Å². The Hall–Kier alpha value is -2.58. The largest absolute Gasteiger partial charge is 0.391 e. The van der Waals surface area contributed by atoms with E-state index in [0.29, 0.717) is 4.90 Å². The molecule has 1 heterocycles. The molecule has 3 atom stereocenters. The van der Waals surface area contributed by atoms with Crippen LogP contribution in [0.1, 0.15) is 23.6 Å². The predicted octanol–water partition coefficient (Wildman–Crippen LogP) is 0.786. The summed E-state index contributed by atoms with van der Waals surface area (Å²) in [5.41, 5.74) is 4.34. The van der Waals surface area contributed by atoms with Crippen LogP contribution in [0.5, 0.6) is 0 Å². The van der Waals surface area contributed by atoms with Crippen LogP contribution >= 0.6 is 0 Å². The van der Waals surface area contributed by atoms with Crippen LogP contribution in [0.25, 0.3) is 0 Å². The van der Waals surface area contributed by atoms with E-state index in [9.17, 15) is 14.1 Å². The van der Waals surface area contributed by atoms with E-state index in [4.69, 9.17) is 9.94 Å². The van der Waals surface area contributed by atoms with Crippen molar-refractivity contribution < 1.29 is 24.1 Å². The van der Waals surface area contributed by atoms with Crippen LogP contribution in [0.15, 0.2) is 53.4 Å². The van der Waals surface area contributed by atoms with Crippen molar-refractivity contribution in [3.8, 4) is 11.8 Å². The Morgan fingerprint density at radius 3 is 2.19 bits per heavy atom. The van der Waals surface area contributed by atoms with Crippen LogP contribution in [0, 0.1) is 11.8 Å². The van der Waals surface area contributed by atoms with Gasteiger partial charge in [0.05, 0.1) is 24.2 Å². The van der Waals surface area contributed by atoms with E-state index in [1.54, 1.807) is 24.3 Å². The Bertz CT molecular complexity index is 977. The minimum atomic E-state index is -1.75. The predicted molar refractivity (Wildman–Crippen MR) is 120 cm³/mol. The molecule has 1 aliphatic rings. The topological polar surface area (TPSA) is 111 Å². The smallest absolute Gasteiger partial charge is 0.264 e. The zero-order valence-electron chi connectivity index (χ0n) is 17.8.